The molecule has 35 heavy (non-hydrogen) atoms. The molecule has 178 valence electrons. The zero-order valence-corrected chi connectivity index (χ0v) is 19.7. The Hall–Kier alpha value is -4.17. The lowest BCUT2D eigenvalue weighted by atomic mass is 10.2. The van der Waals surface area contributed by atoms with Gasteiger partial charge in [-0.05, 0) is 42.3 Å². The highest BCUT2D eigenvalue weighted by Gasteiger charge is 2.18. The number of benzene rings is 3. The molecule has 0 bridgehead atoms. The molecule has 0 aliphatic heterocycles. The number of azo groups is 1. The third-order valence-electron chi connectivity index (χ3n) is 5.26. The molecule has 0 radical (unpaired) electrons. The van der Waals surface area contributed by atoms with Gasteiger partial charge >= 0.3 is 0 Å². The first kappa shape index (κ1) is 24.0. The van der Waals surface area contributed by atoms with Crippen LogP contribution in [0.4, 0.5) is 5.69 Å². The zero-order chi connectivity index (χ0) is 24.8. The molecule has 1 heterocycles. The summed E-state index contributed by atoms with van der Waals surface area (Å²) in [4.78, 5) is 24.2. The van der Waals surface area contributed by atoms with E-state index in [4.69, 9.17) is 16.3 Å². The van der Waals surface area contributed by atoms with Crippen molar-refractivity contribution in [1.82, 2.24) is 9.88 Å². The minimum absolute atomic E-state index is 0.141. The largest absolute Gasteiger partial charge is 0.493 e. The number of amides is 2. The van der Waals surface area contributed by atoms with Gasteiger partial charge in [-0.15, -0.1) is 10.2 Å². The van der Waals surface area contributed by atoms with E-state index in [0.29, 0.717) is 28.2 Å². The summed E-state index contributed by atoms with van der Waals surface area (Å²) in [6, 6.07) is 21.9. The Morgan fingerprint density at radius 3 is 2.63 bits per heavy atom. The van der Waals surface area contributed by atoms with Crippen molar-refractivity contribution in [2.75, 3.05) is 13.2 Å². The second-order valence-corrected chi connectivity index (χ2v) is 8.25. The predicted octanol–water partition coefficient (Wildman–Crippen LogP) is 5.16. The van der Waals surface area contributed by atoms with Gasteiger partial charge in [-0.3, -0.25) is 9.59 Å². The molecule has 2 N–H and O–H groups in total. The van der Waals surface area contributed by atoms with Gasteiger partial charge in [0.15, 0.2) is 12.3 Å². The van der Waals surface area contributed by atoms with Gasteiger partial charge < -0.3 is 19.7 Å². The Bertz CT molecular complexity index is 1410. The number of aryl methyl sites for hydroxylation is 1. The molecule has 0 aliphatic carbocycles. The maximum atomic E-state index is 12.2. The second-order valence-electron chi connectivity index (χ2n) is 7.84. The molecule has 3 aromatic carbocycles. The highest BCUT2D eigenvalue weighted by atomic mass is 35.5. The van der Waals surface area contributed by atoms with Crippen LogP contribution in [0.15, 0.2) is 83.0 Å². The number of hydrogen-bond donors (Lipinski definition) is 2. The van der Waals surface area contributed by atoms with Gasteiger partial charge in [0.2, 0.25) is 5.88 Å². The summed E-state index contributed by atoms with van der Waals surface area (Å²) >= 11 is 6.29. The third-order valence-corrected chi connectivity index (χ3v) is 5.63. The number of nitrogens with one attached hydrogen (secondary N) is 1. The van der Waals surface area contributed by atoms with Crippen molar-refractivity contribution in [3.8, 4) is 11.6 Å². The Labute approximate surface area is 206 Å². The van der Waals surface area contributed by atoms with Gasteiger partial charge in [0.1, 0.15) is 12.3 Å². The van der Waals surface area contributed by atoms with Crippen LogP contribution >= 0.6 is 11.6 Å². The maximum Gasteiger partial charge on any atom is 0.283 e. The summed E-state index contributed by atoms with van der Waals surface area (Å²) < 4.78 is 7.06. The van der Waals surface area contributed by atoms with Gasteiger partial charge in [-0.2, -0.15) is 0 Å². The van der Waals surface area contributed by atoms with E-state index in [0.717, 1.165) is 11.1 Å². The van der Waals surface area contributed by atoms with Crippen molar-refractivity contribution in [1.29, 1.82) is 0 Å². The predicted molar refractivity (Wildman–Crippen MR) is 133 cm³/mol. The van der Waals surface area contributed by atoms with Gasteiger partial charge in [-0.1, -0.05) is 60.1 Å². The van der Waals surface area contributed by atoms with Crippen molar-refractivity contribution in [3.05, 3.63) is 88.9 Å². The van der Waals surface area contributed by atoms with E-state index in [1.165, 1.54) is 0 Å². The third kappa shape index (κ3) is 5.85. The van der Waals surface area contributed by atoms with E-state index in [9.17, 15) is 14.7 Å². The van der Waals surface area contributed by atoms with E-state index < -0.39 is 11.8 Å². The quantitative estimate of drug-likeness (QED) is 0.333. The molecule has 0 saturated heterocycles. The first-order valence-electron chi connectivity index (χ1n) is 10.9. The highest BCUT2D eigenvalue weighted by Crippen LogP contribution is 2.39. The van der Waals surface area contributed by atoms with Crippen LogP contribution < -0.4 is 10.1 Å². The van der Waals surface area contributed by atoms with Crippen LogP contribution in [0.3, 0.4) is 0 Å². The Morgan fingerprint density at radius 2 is 1.83 bits per heavy atom. The highest BCUT2D eigenvalue weighted by molar-refractivity contribution is 6.31. The molecule has 0 atom stereocenters. The molecule has 0 saturated carbocycles. The van der Waals surface area contributed by atoms with Crippen molar-refractivity contribution in [2.24, 2.45) is 10.2 Å². The topological polar surface area (TPSA) is 105 Å². The molecule has 0 spiro atoms. The molecular weight excluding hydrogens is 468 g/mol. The fourth-order valence-electron chi connectivity index (χ4n) is 3.55. The van der Waals surface area contributed by atoms with E-state index in [1.807, 2.05) is 49.4 Å². The van der Waals surface area contributed by atoms with Gasteiger partial charge in [-0.25, -0.2) is 0 Å². The fraction of sp³-hybridized carbons (Fsp3) is 0.154. The van der Waals surface area contributed by atoms with Gasteiger partial charge in [0.05, 0.1) is 12.1 Å². The summed E-state index contributed by atoms with van der Waals surface area (Å²) in [6.45, 7) is 1.65. The molecule has 9 heteroatoms. The first-order valence-corrected chi connectivity index (χ1v) is 11.2. The molecule has 2 amide bonds. The van der Waals surface area contributed by atoms with E-state index in [2.05, 4.69) is 15.5 Å². The average molecular weight is 491 g/mol. The molecule has 4 rings (SSSR count). The summed E-state index contributed by atoms with van der Waals surface area (Å²) in [5.41, 5.74) is 2.71. The lowest BCUT2D eigenvalue weighted by molar-refractivity contribution is -0.126. The fourth-order valence-corrected chi connectivity index (χ4v) is 3.74. The number of hydrogen-bond acceptors (Lipinski definition) is 5. The number of ether oxygens (including phenoxy) is 1. The van der Waals surface area contributed by atoms with Crippen molar-refractivity contribution in [2.45, 2.75) is 13.5 Å². The Morgan fingerprint density at radius 1 is 1.06 bits per heavy atom. The molecule has 4 aromatic rings. The molecule has 0 unspecified atom stereocenters. The van der Waals surface area contributed by atoms with Gasteiger partial charge in [0, 0.05) is 10.4 Å². The summed E-state index contributed by atoms with van der Waals surface area (Å²) in [5.74, 6) is -0.710. The SMILES string of the molecule is Cc1cccc(OCC(=O)NCC(=O)N=Nc2c(O)n(Cc3ccccc3Cl)c3ccccc23)c1. The minimum atomic E-state index is -0.670. The van der Waals surface area contributed by atoms with Crippen LogP contribution in [0.25, 0.3) is 10.9 Å². The molecule has 0 aliphatic rings. The number of halogens is 1. The molecule has 8 nitrogen and oxygen atoms in total. The zero-order valence-electron chi connectivity index (χ0n) is 18.9. The monoisotopic (exact) mass is 490 g/mol. The number of carbonyl (C=O) groups excluding carboxylic acids is 2. The number of para-hydroxylation sites is 1. The number of fused-ring (bicyclic) bond motifs is 1. The number of nitrogens with zero attached hydrogens (tertiary/aromatic N) is 3. The van der Waals surface area contributed by atoms with Crippen LogP contribution in [0.5, 0.6) is 11.6 Å². The lowest BCUT2D eigenvalue weighted by Crippen LogP contribution is -2.32. The van der Waals surface area contributed by atoms with Crippen LogP contribution in [-0.4, -0.2) is 34.6 Å². The molecular formula is C26H23ClN4O4. The molecule has 1 aromatic heterocycles. The number of carbonyl (C=O) groups is 2. The first-order chi connectivity index (χ1) is 16.9. The average Bonchev–Trinajstić information content (AvgIpc) is 3.12. The van der Waals surface area contributed by atoms with Crippen LogP contribution in [0.1, 0.15) is 11.1 Å². The number of rotatable bonds is 8. The van der Waals surface area contributed by atoms with E-state index in [-0.39, 0.29) is 24.7 Å². The summed E-state index contributed by atoms with van der Waals surface area (Å²) in [7, 11) is 0. The minimum Gasteiger partial charge on any atom is -0.493 e. The van der Waals surface area contributed by atoms with Crippen molar-refractivity contribution < 1.29 is 19.4 Å². The van der Waals surface area contributed by atoms with E-state index >= 15 is 0 Å². The second kappa shape index (κ2) is 10.8. The van der Waals surface area contributed by atoms with Crippen LogP contribution in [0.2, 0.25) is 5.02 Å². The lowest BCUT2D eigenvalue weighted by Gasteiger charge is -2.08. The van der Waals surface area contributed by atoms with Crippen LogP contribution in [-0.2, 0) is 16.1 Å². The Kier molecular flexibility index (Phi) is 7.42. The summed E-state index contributed by atoms with van der Waals surface area (Å²) in [5, 5.41) is 22.2. The van der Waals surface area contributed by atoms with Crippen molar-refractivity contribution in [3.63, 3.8) is 0 Å². The smallest absolute Gasteiger partial charge is 0.283 e. The number of aromatic nitrogens is 1. The number of aromatic hydroxyl groups is 1. The standard InChI is InChI=1S/C26H23ClN4O4/c1-17-7-6-9-19(13-17)35-16-24(33)28-14-23(32)29-30-25-20-10-3-5-12-22(20)31(26(25)34)15-18-8-2-4-11-21(18)27/h2-13,34H,14-16H2,1H3,(H,28,33). The van der Waals surface area contributed by atoms with E-state index in [1.54, 1.807) is 34.9 Å². The van der Waals surface area contributed by atoms with Gasteiger partial charge in [0.25, 0.3) is 11.8 Å². The summed E-state index contributed by atoms with van der Waals surface area (Å²) in [6.07, 6.45) is 0. The van der Waals surface area contributed by atoms with Crippen molar-refractivity contribution >= 4 is 40.0 Å². The Balaban J connectivity index is 1.42. The van der Waals surface area contributed by atoms with Crippen LogP contribution in [0, 0.1) is 6.92 Å². The normalized spacial score (nSPS) is 11.1. The maximum absolute atomic E-state index is 12.2. The molecule has 0 fully saturated rings.